The molecule has 1 saturated heterocycles. The SMILES string of the molecule is CC(C)(C)OC(=O)OC(=O)[C@@H]1C[C@H](N(C(=O)CN)C(=O)OC(C)(C)C)CN1. The Morgan fingerprint density at radius 2 is 1.59 bits per heavy atom. The first-order valence-corrected chi connectivity index (χ1v) is 8.66. The summed E-state index contributed by atoms with van der Waals surface area (Å²) in [5, 5.41) is 2.83. The van der Waals surface area contributed by atoms with E-state index < -0.39 is 47.4 Å². The largest absolute Gasteiger partial charge is 0.516 e. The Labute approximate surface area is 158 Å². The summed E-state index contributed by atoms with van der Waals surface area (Å²) in [7, 11) is 0. The van der Waals surface area contributed by atoms with Gasteiger partial charge in [-0.2, -0.15) is 0 Å². The van der Waals surface area contributed by atoms with E-state index in [4.69, 9.17) is 15.2 Å². The number of nitrogens with two attached hydrogens (primary N) is 1. The lowest BCUT2D eigenvalue weighted by atomic mass is 10.1. The van der Waals surface area contributed by atoms with Crippen LogP contribution in [0, 0.1) is 0 Å². The minimum Gasteiger partial charge on any atom is -0.443 e. The third kappa shape index (κ3) is 7.51. The summed E-state index contributed by atoms with van der Waals surface area (Å²) >= 11 is 0. The van der Waals surface area contributed by atoms with Crippen LogP contribution in [0.25, 0.3) is 0 Å². The molecule has 0 unspecified atom stereocenters. The number of esters is 1. The monoisotopic (exact) mass is 387 g/mol. The van der Waals surface area contributed by atoms with Gasteiger partial charge < -0.3 is 25.3 Å². The molecule has 0 aromatic rings. The number of rotatable bonds is 3. The van der Waals surface area contributed by atoms with E-state index in [1.54, 1.807) is 41.5 Å². The Morgan fingerprint density at radius 3 is 2.07 bits per heavy atom. The van der Waals surface area contributed by atoms with E-state index in [-0.39, 0.29) is 19.5 Å². The summed E-state index contributed by atoms with van der Waals surface area (Å²) in [6.07, 6.45) is -1.89. The molecule has 0 saturated carbocycles. The maximum absolute atomic E-state index is 12.4. The zero-order chi connectivity index (χ0) is 21.0. The number of nitrogens with zero attached hydrogens (tertiary/aromatic N) is 1. The van der Waals surface area contributed by atoms with Gasteiger partial charge in [0.1, 0.15) is 17.2 Å². The Kier molecular flexibility index (Phi) is 7.32. The van der Waals surface area contributed by atoms with Gasteiger partial charge in [-0.25, -0.2) is 19.3 Å². The first kappa shape index (κ1) is 22.8. The van der Waals surface area contributed by atoms with Crippen LogP contribution < -0.4 is 11.1 Å². The average Bonchev–Trinajstić information content (AvgIpc) is 2.92. The fourth-order valence-electron chi connectivity index (χ4n) is 2.38. The molecule has 1 aliphatic heterocycles. The molecular formula is C17H29N3O7. The van der Waals surface area contributed by atoms with Crippen LogP contribution in [-0.4, -0.2) is 65.4 Å². The fraction of sp³-hybridized carbons (Fsp3) is 0.765. The predicted molar refractivity (Wildman–Crippen MR) is 94.7 cm³/mol. The summed E-state index contributed by atoms with van der Waals surface area (Å²) in [6, 6.07) is -1.54. The molecule has 0 radical (unpaired) electrons. The van der Waals surface area contributed by atoms with Crippen molar-refractivity contribution in [2.45, 2.75) is 71.2 Å². The van der Waals surface area contributed by atoms with Gasteiger partial charge in [-0.3, -0.25) is 4.79 Å². The van der Waals surface area contributed by atoms with Crippen LogP contribution in [0.2, 0.25) is 0 Å². The number of imide groups is 1. The van der Waals surface area contributed by atoms with E-state index in [1.807, 2.05) is 0 Å². The number of carbonyl (C=O) groups excluding carboxylic acids is 4. The van der Waals surface area contributed by atoms with Crippen molar-refractivity contribution in [2.24, 2.45) is 5.73 Å². The Hall–Kier alpha value is -2.20. The molecule has 10 nitrogen and oxygen atoms in total. The van der Waals surface area contributed by atoms with Gasteiger partial charge in [0, 0.05) is 6.54 Å². The quantitative estimate of drug-likeness (QED) is 0.535. The second-order valence-corrected chi connectivity index (χ2v) is 8.18. The Balaban J connectivity index is 2.76. The highest BCUT2D eigenvalue weighted by molar-refractivity contribution is 5.94. The zero-order valence-electron chi connectivity index (χ0n) is 16.7. The molecule has 2 atom stereocenters. The van der Waals surface area contributed by atoms with Crippen molar-refractivity contribution in [3.63, 3.8) is 0 Å². The number of ether oxygens (including phenoxy) is 3. The van der Waals surface area contributed by atoms with Gasteiger partial charge >= 0.3 is 18.2 Å². The highest BCUT2D eigenvalue weighted by atomic mass is 16.7. The highest BCUT2D eigenvalue weighted by Crippen LogP contribution is 2.19. The van der Waals surface area contributed by atoms with Crippen molar-refractivity contribution in [2.75, 3.05) is 13.1 Å². The van der Waals surface area contributed by atoms with Gasteiger partial charge in [0.25, 0.3) is 0 Å². The number of amides is 2. The standard InChI is InChI=1S/C17H29N3O7/c1-16(2,3)26-14(23)20(12(21)8-18)10-7-11(19-9-10)13(22)25-15(24)27-17(4,5)6/h10-11,19H,7-9,18H2,1-6H3/t10-,11-/m0/s1. The number of carbonyl (C=O) groups is 4. The molecule has 1 heterocycles. The number of hydrogen-bond acceptors (Lipinski definition) is 9. The summed E-state index contributed by atoms with van der Waals surface area (Å²) in [5.74, 6) is -1.48. The van der Waals surface area contributed by atoms with Crippen LogP contribution >= 0.6 is 0 Å². The van der Waals surface area contributed by atoms with E-state index in [0.29, 0.717) is 0 Å². The molecule has 1 rings (SSSR count). The van der Waals surface area contributed by atoms with E-state index in [1.165, 1.54) is 0 Å². The van der Waals surface area contributed by atoms with E-state index >= 15 is 0 Å². The van der Waals surface area contributed by atoms with Gasteiger partial charge in [-0.05, 0) is 48.0 Å². The second kappa shape index (κ2) is 8.66. The average molecular weight is 387 g/mol. The molecule has 10 heteroatoms. The first-order chi connectivity index (χ1) is 12.2. The zero-order valence-corrected chi connectivity index (χ0v) is 16.7. The van der Waals surface area contributed by atoms with Crippen molar-refractivity contribution >= 4 is 24.1 Å². The molecule has 2 amide bonds. The van der Waals surface area contributed by atoms with Crippen LogP contribution in [-0.2, 0) is 23.8 Å². The van der Waals surface area contributed by atoms with Crippen LogP contribution in [0.5, 0.6) is 0 Å². The van der Waals surface area contributed by atoms with Gasteiger partial charge in [0.15, 0.2) is 0 Å². The van der Waals surface area contributed by atoms with Crippen molar-refractivity contribution in [1.82, 2.24) is 10.2 Å². The summed E-state index contributed by atoms with van der Waals surface area (Å²) in [6.45, 7) is 9.68. The smallest absolute Gasteiger partial charge is 0.443 e. The van der Waals surface area contributed by atoms with Crippen molar-refractivity contribution in [3.8, 4) is 0 Å². The molecule has 0 aromatic heterocycles. The first-order valence-electron chi connectivity index (χ1n) is 8.66. The van der Waals surface area contributed by atoms with E-state index in [0.717, 1.165) is 4.90 Å². The molecule has 1 aliphatic rings. The second-order valence-electron chi connectivity index (χ2n) is 8.18. The lowest BCUT2D eigenvalue weighted by Gasteiger charge is -2.29. The van der Waals surface area contributed by atoms with Crippen LogP contribution in [0.3, 0.4) is 0 Å². The van der Waals surface area contributed by atoms with E-state index in [2.05, 4.69) is 10.1 Å². The van der Waals surface area contributed by atoms with Gasteiger partial charge in [-0.1, -0.05) is 0 Å². The van der Waals surface area contributed by atoms with Crippen molar-refractivity contribution in [3.05, 3.63) is 0 Å². The molecule has 0 bridgehead atoms. The van der Waals surface area contributed by atoms with Gasteiger partial charge in [0.2, 0.25) is 5.91 Å². The maximum Gasteiger partial charge on any atom is 0.516 e. The third-order valence-electron chi connectivity index (χ3n) is 3.36. The fourth-order valence-corrected chi connectivity index (χ4v) is 2.38. The molecule has 3 N–H and O–H groups in total. The topological polar surface area (TPSA) is 137 Å². The summed E-state index contributed by atoms with van der Waals surface area (Å²) < 4.78 is 14.8. The van der Waals surface area contributed by atoms with Crippen LogP contribution in [0.1, 0.15) is 48.0 Å². The van der Waals surface area contributed by atoms with Crippen molar-refractivity contribution in [1.29, 1.82) is 0 Å². The van der Waals surface area contributed by atoms with Gasteiger partial charge in [0.05, 0.1) is 12.6 Å². The molecule has 1 fully saturated rings. The molecule has 0 spiro atoms. The Bertz CT molecular complexity index is 592. The summed E-state index contributed by atoms with van der Waals surface area (Å²) in [4.78, 5) is 49.1. The number of hydrogen-bond donors (Lipinski definition) is 2. The minimum absolute atomic E-state index is 0.0621. The third-order valence-corrected chi connectivity index (χ3v) is 3.36. The van der Waals surface area contributed by atoms with Crippen LogP contribution in [0.4, 0.5) is 9.59 Å². The highest BCUT2D eigenvalue weighted by Gasteiger charge is 2.40. The molecule has 27 heavy (non-hydrogen) atoms. The van der Waals surface area contributed by atoms with Gasteiger partial charge in [-0.15, -0.1) is 0 Å². The van der Waals surface area contributed by atoms with E-state index in [9.17, 15) is 19.2 Å². The Morgan fingerprint density at radius 1 is 1.04 bits per heavy atom. The maximum atomic E-state index is 12.4. The molecule has 0 aliphatic carbocycles. The normalized spacial score (nSPS) is 20.0. The minimum atomic E-state index is -1.11. The molecule has 154 valence electrons. The lowest BCUT2D eigenvalue weighted by Crippen LogP contribution is -2.50. The molecule has 0 aromatic carbocycles. The predicted octanol–water partition coefficient (Wildman–Crippen LogP) is 0.918. The van der Waals surface area contributed by atoms with Crippen LogP contribution in [0.15, 0.2) is 0 Å². The molecular weight excluding hydrogens is 358 g/mol. The van der Waals surface area contributed by atoms with Crippen molar-refractivity contribution < 1.29 is 33.4 Å². The number of nitrogens with one attached hydrogen (secondary N) is 1. The lowest BCUT2D eigenvalue weighted by molar-refractivity contribution is -0.144. The summed E-state index contributed by atoms with van der Waals surface area (Å²) in [5.41, 5.74) is 3.79.